The molecule has 0 fully saturated rings. The number of fused-ring (bicyclic) bond motifs is 1. The van der Waals surface area contributed by atoms with Crippen LogP contribution in [0.3, 0.4) is 0 Å². The number of benzene rings is 1. The van der Waals surface area contributed by atoms with Gasteiger partial charge in [-0.2, -0.15) is 0 Å². The number of anilines is 1. The highest BCUT2D eigenvalue weighted by Gasteiger charge is 2.20. The molecule has 1 aromatic carbocycles. The third-order valence-corrected chi connectivity index (χ3v) is 2.92. The number of carbonyl (C=O) groups excluding carboxylic acids is 1. The van der Waals surface area contributed by atoms with Crippen LogP contribution in [-0.4, -0.2) is 20.8 Å². The standard InChI is InChI=1S/C13H8N4O5/c18-12(7-1-3-14-4-2-7)15-8-6-11-9(16-13(19)22-11)5-10(8)17(20)21/h1-6H,(H,15,18)(H,16,19). The molecule has 9 nitrogen and oxygen atoms in total. The average molecular weight is 300 g/mol. The van der Waals surface area contributed by atoms with E-state index in [4.69, 9.17) is 4.42 Å². The molecule has 0 radical (unpaired) electrons. The summed E-state index contributed by atoms with van der Waals surface area (Å²) in [6.07, 6.45) is 2.86. The van der Waals surface area contributed by atoms with Crippen LogP contribution in [0.15, 0.2) is 45.9 Å². The number of hydrogen-bond acceptors (Lipinski definition) is 6. The van der Waals surface area contributed by atoms with E-state index in [1.807, 2.05) is 0 Å². The summed E-state index contributed by atoms with van der Waals surface area (Å²) in [4.78, 5) is 39.8. The summed E-state index contributed by atoms with van der Waals surface area (Å²) in [6.45, 7) is 0. The van der Waals surface area contributed by atoms with Gasteiger partial charge in [0.25, 0.3) is 11.6 Å². The molecule has 0 saturated heterocycles. The maximum absolute atomic E-state index is 12.1. The van der Waals surface area contributed by atoms with E-state index in [1.54, 1.807) is 0 Å². The molecule has 9 heteroatoms. The second-order valence-electron chi connectivity index (χ2n) is 4.33. The molecule has 0 spiro atoms. The van der Waals surface area contributed by atoms with Crippen molar-refractivity contribution in [1.29, 1.82) is 0 Å². The number of carbonyl (C=O) groups is 1. The van der Waals surface area contributed by atoms with Crippen molar-refractivity contribution in [3.63, 3.8) is 0 Å². The quantitative estimate of drug-likeness (QED) is 0.558. The van der Waals surface area contributed by atoms with Crippen LogP contribution in [0.4, 0.5) is 11.4 Å². The van der Waals surface area contributed by atoms with Crippen LogP contribution in [0.2, 0.25) is 0 Å². The minimum atomic E-state index is -0.734. The lowest BCUT2D eigenvalue weighted by atomic mass is 10.2. The predicted octanol–water partition coefficient (Wildman–Crippen LogP) is 1.68. The number of rotatable bonds is 3. The largest absolute Gasteiger partial charge is 0.417 e. The van der Waals surface area contributed by atoms with E-state index >= 15 is 0 Å². The Balaban J connectivity index is 2.05. The highest BCUT2D eigenvalue weighted by Crippen LogP contribution is 2.29. The zero-order valence-corrected chi connectivity index (χ0v) is 10.9. The fourth-order valence-corrected chi connectivity index (χ4v) is 1.93. The Morgan fingerprint density at radius 1 is 1.32 bits per heavy atom. The third-order valence-electron chi connectivity index (χ3n) is 2.92. The van der Waals surface area contributed by atoms with Crippen molar-refractivity contribution >= 4 is 28.4 Å². The molecule has 0 aliphatic heterocycles. The van der Waals surface area contributed by atoms with Gasteiger partial charge in [-0.1, -0.05) is 0 Å². The summed E-state index contributed by atoms with van der Waals surface area (Å²) in [7, 11) is 0. The van der Waals surface area contributed by atoms with Crippen LogP contribution in [-0.2, 0) is 0 Å². The van der Waals surface area contributed by atoms with Crippen molar-refractivity contribution in [2.24, 2.45) is 0 Å². The number of aromatic nitrogens is 2. The van der Waals surface area contributed by atoms with E-state index in [1.165, 1.54) is 30.6 Å². The number of aromatic amines is 1. The Kier molecular flexibility index (Phi) is 3.14. The molecule has 0 aliphatic carbocycles. The van der Waals surface area contributed by atoms with Crippen LogP contribution in [0.25, 0.3) is 11.1 Å². The molecule has 1 amide bonds. The van der Waals surface area contributed by atoms with Gasteiger partial charge in [-0.15, -0.1) is 0 Å². The molecule has 3 rings (SSSR count). The van der Waals surface area contributed by atoms with Crippen LogP contribution in [0.1, 0.15) is 10.4 Å². The summed E-state index contributed by atoms with van der Waals surface area (Å²) in [6, 6.07) is 5.29. The molecule has 22 heavy (non-hydrogen) atoms. The van der Waals surface area contributed by atoms with E-state index < -0.39 is 16.6 Å². The minimum absolute atomic E-state index is 0.0675. The summed E-state index contributed by atoms with van der Waals surface area (Å²) in [5.41, 5.74) is 0.160. The minimum Gasteiger partial charge on any atom is -0.408 e. The first-order valence-electron chi connectivity index (χ1n) is 6.07. The first-order chi connectivity index (χ1) is 10.5. The number of nitro benzene ring substituents is 1. The van der Waals surface area contributed by atoms with Gasteiger partial charge in [-0.3, -0.25) is 24.9 Å². The van der Waals surface area contributed by atoms with Gasteiger partial charge in [-0.25, -0.2) is 4.79 Å². The molecule has 2 aromatic heterocycles. The number of nitrogens with zero attached hydrogens (tertiary/aromatic N) is 2. The molecule has 110 valence electrons. The number of H-pyrrole nitrogens is 1. The maximum atomic E-state index is 12.1. The number of pyridine rings is 1. The SMILES string of the molecule is O=C(Nc1cc2oc(=O)[nH]c2cc1[N+](=O)[O-])c1ccncc1. The van der Waals surface area contributed by atoms with Gasteiger partial charge in [0.2, 0.25) is 0 Å². The Labute approximate surface area is 121 Å². The zero-order valence-electron chi connectivity index (χ0n) is 10.9. The Bertz CT molecular complexity index is 929. The number of nitrogens with one attached hydrogen (secondary N) is 2. The lowest BCUT2D eigenvalue weighted by molar-refractivity contribution is -0.383. The topological polar surface area (TPSA) is 131 Å². The van der Waals surface area contributed by atoms with Crippen molar-refractivity contribution in [2.45, 2.75) is 0 Å². The van der Waals surface area contributed by atoms with Crippen molar-refractivity contribution in [1.82, 2.24) is 9.97 Å². The number of hydrogen-bond donors (Lipinski definition) is 2. The second-order valence-corrected chi connectivity index (χ2v) is 4.33. The smallest absolute Gasteiger partial charge is 0.408 e. The Morgan fingerprint density at radius 2 is 2.05 bits per heavy atom. The van der Waals surface area contributed by atoms with Gasteiger partial charge >= 0.3 is 5.76 Å². The zero-order chi connectivity index (χ0) is 15.7. The molecular weight excluding hydrogens is 292 g/mol. The summed E-state index contributed by atoms with van der Waals surface area (Å²) < 4.78 is 4.84. The Morgan fingerprint density at radius 3 is 2.73 bits per heavy atom. The first kappa shape index (κ1) is 13.5. The van der Waals surface area contributed by atoms with Gasteiger partial charge in [0.05, 0.1) is 10.4 Å². The van der Waals surface area contributed by atoms with Gasteiger partial charge in [-0.05, 0) is 12.1 Å². The molecule has 0 unspecified atom stereocenters. The lowest BCUT2D eigenvalue weighted by Crippen LogP contribution is -2.13. The number of nitro groups is 1. The number of amides is 1. The first-order valence-corrected chi connectivity index (χ1v) is 6.07. The monoisotopic (exact) mass is 300 g/mol. The molecule has 3 aromatic rings. The average Bonchev–Trinajstić information content (AvgIpc) is 2.86. The van der Waals surface area contributed by atoms with Crippen LogP contribution < -0.4 is 11.1 Å². The van der Waals surface area contributed by atoms with Crippen LogP contribution in [0, 0.1) is 10.1 Å². The van der Waals surface area contributed by atoms with E-state index in [0.717, 1.165) is 6.07 Å². The Hall–Kier alpha value is -3.49. The van der Waals surface area contributed by atoms with Crippen LogP contribution >= 0.6 is 0 Å². The molecule has 0 atom stereocenters. The molecule has 0 aliphatic rings. The molecule has 0 saturated carbocycles. The summed E-state index contributed by atoms with van der Waals surface area (Å²) in [5.74, 6) is -1.27. The van der Waals surface area contributed by atoms with Crippen molar-refractivity contribution in [2.75, 3.05) is 5.32 Å². The van der Waals surface area contributed by atoms with Gasteiger partial charge in [0, 0.05) is 30.1 Å². The van der Waals surface area contributed by atoms with Crippen molar-refractivity contribution in [3.05, 3.63) is 62.9 Å². The van der Waals surface area contributed by atoms with E-state index in [9.17, 15) is 19.7 Å². The predicted molar refractivity (Wildman–Crippen MR) is 75.7 cm³/mol. The third kappa shape index (κ3) is 2.42. The molecule has 2 heterocycles. The fourth-order valence-electron chi connectivity index (χ4n) is 1.93. The van der Waals surface area contributed by atoms with E-state index in [-0.39, 0.29) is 22.5 Å². The fraction of sp³-hybridized carbons (Fsp3) is 0. The van der Waals surface area contributed by atoms with Gasteiger partial charge in [0.1, 0.15) is 5.69 Å². The maximum Gasteiger partial charge on any atom is 0.417 e. The highest BCUT2D eigenvalue weighted by molar-refractivity contribution is 6.06. The normalized spacial score (nSPS) is 10.5. The van der Waals surface area contributed by atoms with Crippen molar-refractivity contribution < 1.29 is 14.1 Å². The molecular formula is C13H8N4O5. The lowest BCUT2D eigenvalue weighted by Gasteiger charge is -2.05. The number of oxazole rings is 1. The van der Waals surface area contributed by atoms with E-state index in [2.05, 4.69) is 15.3 Å². The van der Waals surface area contributed by atoms with Gasteiger partial charge in [0.15, 0.2) is 5.58 Å². The highest BCUT2D eigenvalue weighted by atomic mass is 16.6. The van der Waals surface area contributed by atoms with Gasteiger partial charge < -0.3 is 9.73 Å². The van der Waals surface area contributed by atoms with Crippen LogP contribution in [0.5, 0.6) is 0 Å². The summed E-state index contributed by atoms with van der Waals surface area (Å²) >= 11 is 0. The molecule has 0 bridgehead atoms. The molecule has 2 N–H and O–H groups in total. The van der Waals surface area contributed by atoms with Crippen molar-refractivity contribution in [3.8, 4) is 0 Å². The second kappa shape index (κ2) is 5.13. The summed E-state index contributed by atoms with van der Waals surface area (Å²) in [5, 5.41) is 13.5. The van der Waals surface area contributed by atoms with E-state index in [0.29, 0.717) is 5.56 Å².